The number of hydrogen-bond donors (Lipinski definition) is 1. The number of nitrogens with zero attached hydrogens (tertiary/aromatic N) is 4. The minimum absolute atomic E-state index is 0.474. The average Bonchev–Trinajstić information content (AvgIpc) is 3.55. The minimum atomic E-state index is -0.474. The summed E-state index contributed by atoms with van der Waals surface area (Å²) >= 11 is 0. The first-order valence-corrected chi connectivity index (χ1v) is 17.1. The van der Waals surface area contributed by atoms with E-state index in [9.17, 15) is 5.26 Å². The molecule has 2 heterocycles. The number of hydrogen-bond acceptors (Lipinski definition) is 4. The maximum absolute atomic E-state index is 9.71. The van der Waals surface area contributed by atoms with E-state index in [2.05, 4.69) is 149 Å². The Morgan fingerprint density at radius 2 is 1.02 bits per heavy atom. The molecule has 0 fully saturated rings. The van der Waals surface area contributed by atoms with Crippen LogP contribution in [0.2, 0.25) is 0 Å². The van der Waals surface area contributed by atoms with Gasteiger partial charge in [0, 0.05) is 27.6 Å². The van der Waals surface area contributed by atoms with E-state index in [1.54, 1.807) is 0 Å². The first-order valence-electron chi connectivity index (χ1n) is 17.1. The van der Waals surface area contributed by atoms with Crippen LogP contribution in [0.15, 0.2) is 174 Å². The second-order valence-electron chi connectivity index (χ2n) is 13.0. The van der Waals surface area contributed by atoms with E-state index in [1.807, 2.05) is 30.3 Å². The van der Waals surface area contributed by atoms with Crippen LogP contribution in [0.1, 0.15) is 28.4 Å². The van der Waals surface area contributed by atoms with Gasteiger partial charge in [0.2, 0.25) is 0 Å². The number of benzene rings is 8. The van der Waals surface area contributed by atoms with Crippen molar-refractivity contribution in [3.63, 3.8) is 0 Å². The highest BCUT2D eigenvalue weighted by atomic mass is 15.2. The third-order valence-electron chi connectivity index (χ3n) is 10.0. The zero-order valence-corrected chi connectivity index (χ0v) is 27.5. The summed E-state index contributed by atoms with van der Waals surface area (Å²) in [5.74, 6) is 1.54. The van der Waals surface area contributed by atoms with Crippen molar-refractivity contribution in [3.8, 4) is 11.8 Å². The molecule has 0 amide bonds. The SMILES string of the molecule is N#Cc1ccc2c3ccccc3c3cc(C4N=C(c5ccccc5)NC(c5cccc(-n6c7ccccc7c7ccccc76)c5)=N4)ccc3c2c1. The molecule has 51 heavy (non-hydrogen) atoms. The van der Waals surface area contributed by atoms with E-state index in [0.717, 1.165) is 77.4 Å². The number of aromatic nitrogens is 1. The zero-order chi connectivity index (χ0) is 33.9. The molecule has 5 nitrogen and oxygen atoms in total. The van der Waals surface area contributed by atoms with Crippen LogP contribution in [0, 0.1) is 11.3 Å². The van der Waals surface area contributed by atoms with Gasteiger partial charge in [0.15, 0.2) is 6.17 Å². The molecule has 0 saturated heterocycles. The fourth-order valence-corrected chi connectivity index (χ4v) is 7.69. The molecule has 5 heteroatoms. The van der Waals surface area contributed by atoms with Crippen molar-refractivity contribution in [1.82, 2.24) is 9.88 Å². The largest absolute Gasteiger partial charge is 0.324 e. The number of aliphatic imine (C=N–C) groups is 2. The van der Waals surface area contributed by atoms with Crippen molar-refractivity contribution in [1.29, 1.82) is 5.26 Å². The highest BCUT2D eigenvalue weighted by Crippen LogP contribution is 2.38. The predicted octanol–water partition coefficient (Wildman–Crippen LogP) is 10.6. The molecule has 1 atom stereocenters. The molecule has 238 valence electrons. The molecular formula is C46H29N5. The maximum atomic E-state index is 9.71. The van der Waals surface area contributed by atoms with Gasteiger partial charge in [-0.05, 0) is 80.3 Å². The van der Waals surface area contributed by atoms with Crippen molar-refractivity contribution < 1.29 is 0 Å². The average molecular weight is 652 g/mol. The Morgan fingerprint density at radius 3 is 1.75 bits per heavy atom. The van der Waals surface area contributed by atoms with E-state index >= 15 is 0 Å². The van der Waals surface area contributed by atoms with Crippen LogP contribution in [-0.4, -0.2) is 16.2 Å². The van der Waals surface area contributed by atoms with Gasteiger partial charge < -0.3 is 9.88 Å². The molecule has 1 aliphatic rings. The standard InChI is InChI=1S/C46H29N5/c47-28-29-21-23-36-34-15-4-5-16-35(34)41-27-32(22-24-37(41)40(36)25-29)46-49-44(30-11-2-1-3-12-30)48-45(50-46)31-13-10-14-33(26-31)51-42-19-8-6-17-38(42)39-18-7-9-20-43(39)51/h1-27,46H,(H,48,49,50). The second kappa shape index (κ2) is 11.5. The van der Waals surface area contributed by atoms with E-state index in [0.29, 0.717) is 5.56 Å². The smallest absolute Gasteiger partial charge is 0.169 e. The first-order chi connectivity index (χ1) is 25.2. The van der Waals surface area contributed by atoms with Gasteiger partial charge in [0.1, 0.15) is 11.7 Å². The lowest BCUT2D eigenvalue weighted by Gasteiger charge is -2.23. The maximum Gasteiger partial charge on any atom is 0.169 e. The number of nitriles is 1. The fourth-order valence-electron chi connectivity index (χ4n) is 7.69. The Kier molecular flexibility index (Phi) is 6.55. The van der Waals surface area contributed by atoms with Crippen molar-refractivity contribution in [2.24, 2.45) is 9.98 Å². The molecule has 1 N–H and O–H groups in total. The lowest BCUT2D eigenvalue weighted by molar-refractivity contribution is 0.757. The monoisotopic (exact) mass is 651 g/mol. The third-order valence-corrected chi connectivity index (χ3v) is 10.0. The second-order valence-corrected chi connectivity index (χ2v) is 13.0. The van der Waals surface area contributed by atoms with Crippen molar-refractivity contribution in [2.75, 3.05) is 0 Å². The van der Waals surface area contributed by atoms with Gasteiger partial charge in [-0.25, -0.2) is 9.98 Å². The summed E-state index contributed by atoms with van der Waals surface area (Å²) in [5, 5.41) is 22.5. The molecule has 0 aliphatic carbocycles. The fraction of sp³-hybridized carbons (Fsp3) is 0.0217. The van der Waals surface area contributed by atoms with Crippen LogP contribution in [0.4, 0.5) is 0 Å². The van der Waals surface area contributed by atoms with Gasteiger partial charge in [-0.2, -0.15) is 5.26 Å². The highest BCUT2D eigenvalue weighted by molar-refractivity contribution is 6.25. The van der Waals surface area contributed by atoms with Crippen LogP contribution in [0.3, 0.4) is 0 Å². The van der Waals surface area contributed by atoms with E-state index in [4.69, 9.17) is 9.98 Å². The van der Waals surface area contributed by atoms with Gasteiger partial charge in [-0.15, -0.1) is 0 Å². The molecule has 1 aliphatic heterocycles. The number of rotatable bonds is 4. The molecule has 10 rings (SSSR count). The Morgan fingerprint density at radius 1 is 0.471 bits per heavy atom. The molecule has 0 bridgehead atoms. The van der Waals surface area contributed by atoms with Crippen molar-refractivity contribution >= 4 is 65.8 Å². The Labute approximate surface area is 294 Å². The summed E-state index contributed by atoms with van der Waals surface area (Å²) in [6, 6.07) is 59.3. The van der Waals surface area contributed by atoms with Crippen LogP contribution in [0.25, 0.3) is 59.8 Å². The van der Waals surface area contributed by atoms with E-state index in [1.165, 1.54) is 10.8 Å². The number of amidine groups is 2. The Hall–Kier alpha value is -7.03. The van der Waals surface area contributed by atoms with E-state index in [-0.39, 0.29) is 0 Å². The van der Waals surface area contributed by atoms with E-state index < -0.39 is 6.17 Å². The summed E-state index contributed by atoms with van der Waals surface area (Å²) < 4.78 is 2.33. The molecular weight excluding hydrogens is 623 g/mol. The van der Waals surface area contributed by atoms with Crippen LogP contribution in [-0.2, 0) is 0 Å². The Balaban J connectivity index is 1.15. The Bertz CT molecular complexity index is 2910. The molecule has 8 aromatic carbocycles. The topological polar surface area (TPSA) is 65.5 Å². The zero-order valence-electron chi connectivity index (χ0n) is 27.5. The van der Waals surface area contributed by atoms with Crippen LogP contribution >= 0.6 is 0 Å². The lowest BCUT2D eigenvalue weighted by Crippen LogP contribution is -2.36. The van der Waals surface area contributed by atoms with Crippen molar-refractivity contribution in [2.45, 2.75) is 6.17 Å². The molecule has 9 aromatic rings. The predicted molar refractivity (Wildman–Crippen MR) is 210 cm³/mol. The summed E-state index contributed by atoms with van der Waals surface area (Å²) in [7, 11) is 0. The summed E-state index contributed by atoms with van der Waals surface area (Å²) in [6.45, 7) is 0. The number of fused-ring (bicyclic) bond motifs is 9. The van der Waals surface area contributed by atoms with Gasteiger partial charge >= 0.3 is 0 Å². The van der Waals surface area contributed by atoms with Crippen LogP contribution in [0.5, 0.6) is 0 Å². The molecule has 0 radical (unpaired) electrons. The molecule has 0 saturated carbocycles. The molecule has 1 unspecified atom stereocenters. The minimum Gasteiger partial charge on any atom is -0.324 e. The van der Waals surface area contributed by atoms with Gasteiger partial charge in [-0.3, -0.25) is 0 Å². The first kappa shape index (κ1) is 28.9. The third kappa shape index (κ3) is 4.69. The summed E-state index contributed by atoms with van der Waals surface area (Å²) in [6.07, 6.45) is -0.474. The van der Waals surface area contributed by atoms with Crippen LogP contribution < -0.4 is 5.32 Å². The van der Waals surface area contributed by atoms with Gasteiger partial charge in [-0.1, -0.05) is 121 Å². The van der Waals surface area contributed by atoms with Gasteiger partial charge in [0.25, 0.3) is 0 Å². The molecule has 1 aromatic heterocycles. The van der Waals surface area contributed by atoms with Gasteiger partial charge in [0.05, 0.1) is 22.7 Å². The molecule has 0 spiro atoms. The summed E-state index contributed by atoms with van der Waals surface area (Å²) in [4.78, 5) is 10.5. The lowest BCUT2D eigenvalue weighted by atomic mass is 9.92. The quantitative estimate of drug-likeness (QED) is 0.193. The normalized spacial score (nSPS) is 14.5. The number of para-hydroxylation sites is 2. The van der Waals surface area contributed by atoms with Crippen molar-refractivity contribution in [3.05, 3.63) is 186 Å². The number of nitrogens with one attached hydrogen (secondary N) is 1. The highest BCUT2D eigenvalue weighted by Gasteiger charge is 2.22. The summed E-state index contributed by atoms with van der Waals surface area (Å²) in [5.41, 5.74) is 7.01.